The molecule has 38 heavy (non-hydrogen) atoms. The van der Waals surface area contributed by atoms with Crippen LogP contribution in [0.5, 0.6) is 0 Å². The average Bonchev–Trinajstić information content (AvgIpc) is 3.58. The van der Waals surface area contributed by atoms with Gasteiger partial charge in [-0.3, -0.25) is 10.1 Å². The maximum atomic E-state index is 14.6. The van der Waals surface area contributed by atoms with Gasteiger partial charge in [0.25, 0.3) is 0 Å². The Labute approximate surface area is 218 Å². The smallest absolute Gasteiger partial charge is 0.181 e. The van der Waals surface area contributed by atoms with Gasteiger partial charge in [-0.15, -0.1) is 0 Å². The van der Waals surface area contributed by atoms with Gasteiger partial charge in [0, 0.05) is 47.0 Å². The van der Waals surface area contributed by atoms with Gasteiger partial charge in [0.15, 0.2) is 17.1 Å². The highest BCUT2D eigenvalue weighted by molar-refractivity contribution is 5.96. The highest BCUT2D eigenvalue weighted by atomic mass is 19.1. The fourth-order valence-electron chi connectivity index (χ4n) is 5.65. The first-order valence-corrected chi connectivity index (χ1v) is 13.1. The van der Waals surface area contributed by atoms with Gasteiger partial charge in [-0.2, -0.15) is 5.10 Å². The summed E-state index contributed by atoms with van der Waals surface area (Å²) in [5.41, 5.74) is 6.95. The Balaban J connectivity index is 1.26. The summed E-state index contributed by atoms with van der Waals surface area (Å²) in [5, 5.41) is 8.32. The standard InChI is InChI=1S/C30H26FN7/c31-25-9-5-4-8-22(25)23-10-11-33-29-26(23)35-30(36-29)27-24-14-21(17-34-28(24)38-37-27)20-13-19(15-32-16-20)12-18-6-2-1-3-7-18/h4-5,8-11,13-18H,1-3,6-7,12H2,(H,33,35,36)(H,34,37,38). The van der Waals surface area contributed by atoms with Crippen LogP contribution < -0.4 is 0 Å². The van der Waals surface area contributed by atoms with Crippen molar-refractivity contribution in [3.8, 4) is 33.8 Å². The molecule has 0 amide bonds. The Morgan fingerprint density at radius 1 is 0.868 bits per heavy atom. The van der Waals surface area contributed by atoms with Crippen molar-refractivity contribution < 1.29 is 4.39 Å². The first-order chi connectivity index (χ1) is 18.7. The van der Waals surface area contributed by atoms with Gasteiger partial charge in [-0.05, 0) is 42.2 Å². The van der Waals surface area contributed by atoms with Crippen molar-refractivity contribution in [2.75, 3.05) is 0 Å². The number of hydrogen-bond donors (Lipinski definition) is 2. The molecule has 0 bridgehead atoms. The number of fused-ring (bicyclic) bond motifs is 2. The zero-order valence-electron chi connectivity index (χ0n) is 20.8. The van der Waals surface area contributed by atoms with Crippen LogP contribution in [-0.4, -0.2) is 35.1 Å². The van der Waals surface area contributed by atoms with Crippen molar-refractivity contribution in [1.82, 2.24) is 35.1 Å². The fourth-order valence-corrected chi connectivity index (χ4v) is 5.65. The summed E-state index contributed by atoms with van der Waals surface area (Å²) < 4.78 is 14.6. The summed E-state index contributed by atoms with van der Waals surface area (Å²) in [7, 11) is 0. The second-order valence-electron chi connectivity index (χ2n) is 10.1. The van der Waals surface area contributed by atoms with Crippen LogP contribution in [0.2, 0.25) is 0 Å². The average molecular weight is 504 g/mol. The van der Waals surface area contributed by atoms with Crippen LogP contribution in [0, 0.1) is 11.7 Å². The Morgan fingerprint density at radius 3 is 2.63 bits per heavy atom. The number of benzene rings is 1. The summed E-state index contributed by atoms with van der Waals surface area (Å²) in [5.74, 6) is 1.02. The molecule has 0 unspecified atom stereocenters. The monoisotopic (exact) mass is 503 g/mol. The van der Waals surface area contributed by atoms with E-state index in [2.05, 4.69) is 42.3 Å². The highest BCUT2D eigenvalue weighted by Gasteiger charge is 2.18. The zero-order valence-corrected chi connectivity index (χ0v) is 20.8. The molecule has 7 rings (SSSR count). The lowest BCUT2D eigenvalue weighted by molar-refractivity contribution is 0.356. The predicted octanol–water partition coefficient (Wildman–Crippen LogP) is 6.89. The number of H-pyrrole nitrogens is 2. The summed E-state index contributed by atoms with van der Waals surface area (Å²) in [6.07, 6.45) is 15.1. The number of imidazole rings is 1. The molecule has 0 atom stereocenters. The summed E-state index contributed by atoms with van der Waals surface area (Å²) in [6.45, 7) is 0. The Morgan fingerprint density at radius 2 is 1.74 bits per heavy atom. The molecule has 1 aliphatic carbocycles. The van der Waals surface area contributed by atoms with E-state index in [0.717, 1.165) is 28.9 Å². The van der Waals surface area contributed by atoms with Crippen molar-refractivity contribution in [2.24, 2.45) is 5.92 Å². The van der Waals surface area contributed by atoms with Gasteiger partial charge in [0.2, 0.25) is 0 Å². The number of aromatic amines is 2. The molecule has 1 fully saturated rings. The molecular weight excluding hydrogens is 477 g/mol. The molecule has 0 aliphatic heterocycles. The molecule has 5 heterocycles. The van der Waals surface area contributed by atoms with E-state index in [1.165, 1.54) is 43.7 Å². The third-order valence-electron chi connectivity index (χ3n) is 7.58. The first kappa shape index (κ1) is 22.7. The lowest BCUT2D eigenvalue weighted by Crippen LogP contribution is -2.09. The van der Waals surface area contributed by atoms with Crippen molar-refractivity contribution in [3.63, 3.8) is 0 Å². The van der Waals surface area contributed by atoms with E-state index in [4.69, 9.17) is 4.98 Å². The van der Waals surface area contributed by atoms with Crippen LogP contribution in [0.4, 0.5) is 4.39 Å². The number of rotatable bonds is 5. The van der Waals surface area contributed by atoms with Crippen LogP contribution in [0.15, 0.2) is 67.3 Å². The van der Waals surface area contributed by atoms with Crippen LogP contribution in [0.3, 0.4) is 0 Å². The van der Waals surface area contributed by atoms with Gasteiger partial charge >= 0.3 is 0 Å². The molecule has 1 aliphatic rings. The van der Waals surface area contributed by atoms with Crippen LogP contribution >= 0.6 is 0 Å². The number of hydrogen-bond acceptors (Lipinski definition) is 5. The lowest BCUT2D eigenvalue weighted by atomic mass is 9.85. The Kier molecular flexibility index (Phi) is 5.65. The largest absolute Gasteiger partial charge is 0.335 e. The van der Waals surface area contributed by atoms with Crippen molar-refractivity contribution in [2.45, 2.75) is 38.5 Å². The van der Waals surface area contributed by atoms with E-state index < -0.39 is 0 Å². The molecule has 0 radical (unpaired) electrons. The molecule has 1 saturated carbocycles. The van der Waals surface area contributed by atoms with Gasteiger partial charge in [-0.25, -0.2) is 19.3 Å². The summed E-state index contributed by atoms with van der Waals surface area (Å²) in [4.78, 5) is 21.6. The molecule has 0 spiro atoms. The van der Waals surface area contributed by atoms with E-state index in [1.54, 1.807) is 24.4 Å². The third kappa shape index (κ3) is 4.12. The van der Waals surface area contributed by atoms with Crippen LogP contribution in [0.25, 0.3) is 56.0 Å². The van der Waals surface area contributed by atoms with E-state index in [9.17, 15) is 4.39 Å². The number of halogens is 1. The molecular formula is C30H26FN7. The summed E-state index contributed by atoms with van der Waals surface area (Å²) >= 11 is 0. The highest BCUT2D eigenvalue weighted by Crippen LogP contribution is 2.33. The van der Waals surface area contributed by atoms with Crippen molar-refractivity contribution in [3.05, 3.63) is 78.6 Å². The van der Waals surface area contributed by atoms with Crippen LogP contribution in [0.1, 0.15) is 37.7 Å². The molecule has 1 aromatic carbocycles. The molecule has 5 aromatic heterocycles. The van der Waals surface area contributed by atoms with Crippen molar-refractivity contribution in [1.29, 1.82) is 0 Å². The number of aromatic nitrogens is 7. The minimum absolute atomic E-state index is 0.295. The van der Waals surface area contributed by atoms with E-state index in [-0.39, 0.29) is 5.82 Å². The second-order valence-corrected chi connectivity index (χ2v) is 10.1. The normalized spacial score (nSPS) is 14.4. The summed E-state index contributed by atoms with van der Waals surface area (Å²) in [6, 6.07) is 12.8. The maximum Gasteiger partial charge on any atom is 0.181 e. The molecule has 6 aromatic rings. The SMILES string of the molecule is Fc1ccccc1-c1ccnc2nc(-c3[nH]nc4ncc(-c5cncc(CC6CCCCC6)c5)cc34)[nH]c12. The number of nitrogens with one attached hydrogen (secondary N) is 2. The van der Waals surface area contributed by atoms with Gasteiger partial charge in [0.05, 0.1) is 10.9 Å². The lowest BCUT2D eigenvalue weighted by Gasteiger charge is -2.21. The minimum atomic E-state index is -0.295. The molecule has 0 saturated heterocycles. The molecule has 2 N–H and O–H groups in total. The quantitative estimate of drug-likeness (QED) is 0.267. The maximum absolute atomic E-state index is 14.6. The van der Waals surface area contributed by atoms with Gasteiger partial charge in [-0.1, -0.05) is 50.3 Å². The zero-order chi connectivity index (χ0) is 25.5. The molecule has 8 heteroatoms. The Bertz CT molecular complexity index is 1760. The molecule has 188 valence electrons. The first-order valence-electron chi connectivity index (χ1n) is 13.1. The number of pyridine rings is 3. The van der Waals surface area contributed by atoms with Gasteiger partial charge in [0.1, 0.15) is 11.5 Å². The van der Waals surface area contributed by atoms with Crippen LogP contribution in [-0.2, 0) is 6.42 Å². The van der Waals surface area contributed by atoms with E-state index >= 15 is 0 Å². The fraction of sp³-hybridized carbons (Fsp3) is 0.233. The predicted molar refractivity (Wildman–Crippen MR) is 146 cm³/mol. The van der Waals surface area contributed by atoms with E-state index in [1.807, 2.05) is 24.7 Å². The topological polar surface area (TPSA) is 96.0 Å². The second kappa shape index (κ2) is 9.45. The van der Waals surface area contributed by atoms with Crippen molar-refractivity contribution >= 4 is 22.2 Å². The minimum Gasteiger partial charge on any atom is -0.335 e. The number of nitrogens with zero attached hydrogens (tertiary/aromatic N) is 5. The third-order valence-corrected chi connectivity index (χ3v) is 7.58. The van der Waals surface area contributed by atoms with E-state index in [0.29, 0.717) is 39.5 Å². The molecule has 7 nitrogen and oxygen atoms in total. The van der Waals surface area contributed by atoms with Gasteiger partial charge < -0.3 is 4.98 Å². The Hall–Kier alpha value is -4.46.